The molecule has 0 atom stereocenters. The molecule has 64 valence electrons. The number of allylic oxidation sites excluding steroid dienone is 1. The molecule has 1 rings (SSSR count). The van der Waals surface area contributed by atoms with E-state index in [2.05, 4.69) is 25.1 Å². The maximum absolute atomic E-state index is 7.73. The van der Waals surface area contributed by atoms with E-state index in [-0.39, 0.29) is 0 Å². The van der Waals surface area contributed by atoms with Crippen molar-refractivity contribution in [3.63, 3.8) is 0 Å². The Morgan fingerprint density at radius 2 is 2.17 bits per heavy atom. The summed E-state index contributed by atoms with van der Waals surface area (Å²) in [5.74, 6) is 0. The molecular formula is C11H14Te. The van der Waals surface area contributed by atoms with Crippen molar-refractivity contribution in [3.05, 3.63) is 40.5 Å². The average Bonchev–Trinajstić information content (AvgIpc) is 2.16. The third-order valence-corrected chi connectivity index (χ3v) is 3.70. The molecule has 0 aliphatic heterocycles. The van der Waals surface area contributed by atoms with Gasteiger partial charge in [-0.25, -0.2) is 0 Å². The van der Waals surface area contributed by atoms with Gasteiger partial charge in [-0.2, -0.15) is 0 Å². The van der Waals surface area contributed by atoms with Crippen LogP contribution in [-0.4, -0.2) is 20.9 Å². The van der Waals surface area contributed by atoms with Crippen LogP contribution in [0.15, 0.2) is 40.5 Å². The quantitative estimate of drug-likeness (QED) is 0.740. The fourth-order valence-corrected chi connectivity index (χ4v) is 2.60. The summed E-state index contributed by atoms with van der Waals surface area (Å²) in [4.78, 5) is 0. The molecule has 0 radical (unpaired) electrons. The van der Waals surface area contributed by atoms with E-state index >= 15 is 0 Å². The molecule has 0 amide bonds. The van der Waals surface area contributed by atoms with Crippen LogP contribution < -0.4 is 3.61 Å². The van der Waals surface area contributed by atoms with Gasteiger partial charge >= 0.3 is 86.2 Å². The summed E-state index contributed by atoms with van der Waals surface area (Å²) in [7, 11) is 0. The molecule has 12 heavy (non-hydrogen) atoms. The topological polar surface area (TPSA) is 0 Å². The van der Waals surface area contributed by atoms with E-state index in [9.17, 15) is 0 Å². The van der Waals surface area contributed by atoms with Gasteiger partial charge in [0.05, 0.1) is 0 Å². The van der Waals surface area contributed by atoms with Gasteiger partial charge in [0.25, 0.3) is 0 Å². The molecule has 1 aromatic rings. The Bertz CT molecular complexity index is 267. The predicted molar refractivity (Wildman–Crippen MR) is 55.9 cm³/mol. The minimum absolute atomic E-state index is 0.400. The van der Waals surface area contributed by atoms with E-state index in [1.54, 1.807) is 0 Å². The Kier molecular flexibility index (Phi) is 4.38. The standard InChI is InChI=1S/C11H14Te/c1-2-3-7-10-12-11-8-5-4-6-9-11/h4-10H,2-3H2,1H3/b10-7-/i10D. The molecular weight excluding hydrogens is 260 g/mol. The monoisotopic (exact) mass is 277 g/mol. The fourth-order valence-electron chi connectivity index (χ4n) is 0.802. The Morgan fingerprint density at radius 1 is 1.42 bits per heavy atom. The van der Waals surface area contributed by atoms with Gasteiger partial charge in [0.2, 0.25) is 0 Å². The fraction of sp³-hybridized carbons (Fsp3) is 0.273. The first kappa shape index (κ1) is 8.35. The summed E-state index contributed by atoms with van der Waals surface area (Å²) in [6, 6.07) is 10.4. The Hall–Kier alpha value is -0.250. The molecule has 0 aliphatic rings. The molecule has 0 N–H and O–H groups in total. The molecule has 0 spiro atoms. The third kappa shape index (κ3) is 3.95. The van der Waals surface area contributed by atoms with E-state index in [1.807, 2.05) is 18.2 Å². The molecule has 0 fully saturated rings. The second-order valence-corrected chi connectivity index (χ2v) is 5.13. The summed E-state index contributed by atoms with van der Waals surface area (Å²) in [6.07, 6.45) is 4.26. The predicted octanol–water partition coefficient (Wildman–Crippen LogP) is 2.33. The molecule has 0 heterocycles. The number of hydrogen-bond donors (Lipinski definition) is 0. The van der Waals surface area contributed by atoms with Crippen LogP contribution in [-0.2, 0) is 0 Å². The SMILES string of the molecule is [2H]/C(=C/CCC)[Te]c1ccccc1. The minimum atomic E-state index is -0.400. The van der Waals surface area contributed by atoms with Gasteiger partial charge in [-0.1, -0.05) is 0 Å². The van der Waals surface area contributed by atoms with Crippen LogP contribution >= 0.6 is 0 Å². The normalized spacial score (nSPS) is 12.8. The third-order valence-electron chi connectivity index (χ3n) is 1.44. The van der Waals surface area contributed by atoms with Crippen LogP contribution in [0, 0.1) is 0 Å². The molecule has 0 unspecified atom stereocenters. The molecule has 0 saturated carbocycles. The van der Waals surface area contributed by atoms with Gasteiger partial charge in [0, 0.05) is 0 Å². The first-order chi connectivity index (χ1) is 6.33. The Morgan fingerprint density at radius 3 is 2.83 bits per heavy atom. The Labute approximate surface area is 86.2 Å². The zero-order valence-corrected chi connectivity index (χ0v) is 9.62. The summed E-state index contributed by atoms with van der Waals surface area (Å²) in [5.41, 5.74) is 0. The summed E-state index contributed by atoms with van der Waals surface area (Å²) in [6.45, 7) is 2.15. The molecule has 0 saturated heterocycles. The van der Waals surface area contributed by atoms with E-state index < -0.39 is 20.9 Å². The molecule has 0 aromatic heterocycles. The molecule has 1 aromatic carbocycles. The first-order valence-electron chi connectivity index (χ1n) is 4.72. The second kappa shape index (κ2) is 6.29. The van der Waals surface area contributed by atoms with Gasteiger partial charge in [-0.15, -0.1) is 0 Å². The van der Waals surface area contributed by atoms with Crippen molar-refractivity contribution >= 4 is 24.5 Å². The number of unbranched alkanes of at least 4 members (excludes halogenated alkanes) is 1. The van der Waals surface area contributed by atoms with Gasteiger partial charge in [0.1, 0.15) is 0 Å². The molecule has 0 aliphatic carbocycles. The van der Waals surface area contributed by atoms with Gasteiger partial charge in [-0.3, -0.25) is 0 Å². The number of benzene rings is 1. The van der Waals surface area contributed by atoms with Crippen molar-refractivity contribution in [1.29, 1.82) is 0 Å². The summed E-state index contributed by atoms with van der Waals surface area (Å²) < 4.78 is 9.94. The van der Waals surface area contributed by atoms with Crippen LogP contribution in [0.1, 0.15) is 21.1 Å². The number of hydrogen-bond acceptors (Lipinski definition) is 0. The second-order valence-electron chi connectivity index (χ2n) is 2.53. The molecule has 1 heteroatoms. The van der Waals surface area contributed by atoms with Gasteiger partial charge < -0.3 is 0 Å². The summed E-state index contributed by atoms with van der Waals surface area (Å²) >= 11 is -0.400. The van der Waals surface area contributed by atoms with Crippen molar-refractivity contribution in [2.45, 2.75) is 19.8 Å². The van der Waals surface area contributed by atoms with E-state index in [0.717, 1.165) is 16.9 Å². The van der Waals surface area contributed by atoms with Crippen molar-refractivity contribution in [1.82, 2.24) is 0 Å². The zero-order chi connectivity index (χ0) is 9.52. The van der Waals surface area contributed by atoms with Gasteiger partial charge in [-0.05, 0) is 0 Å². The van der Waals surface area contributed by atoms with Crippen molar-refractivity contribution < 1.29 is 1.37 Å². The van der Waals surface area contributed by atoms with E-state index in [4.69, 9.17) is 1.37 Å². The van der Waals surface area contributed by atoms with Crippen molar-refractivity contribution in [2.24, 2.45) is 0 Å². The van der Waals surface area contributed by atoms with Crippen molar-refractivity contribution in [2.75, 3.05) is 0 Å². The van der Waals surface area contributed by atoms with Gasteiger partial charge in [0.15, 0.2) is 0 Å². The maximum atomic E-state index is 7.73. The van der Waals surface area contributed by atoms with Crippen molar-refractivity contribution in [3.8, 4) is 0 Å². The van der Waals surface area contributed by atoms with E-state index in [0.29, 0.717) is 0 Å². The Balaban J connectivity index is 2.50. The molecule has 0 bridgehead atoms. The van der Waals surface area contributed by atoms with Crippen LogP contribution in [0.5, 0.6) is 0 Å². The van der Waals surface area contributed by atoms with Crippen LogP contribution in [0.3, 0.4) is 0 Å². The van der Waals surface area contributed by atoms with Crippen LogP contribution in [0.2, 0.25) is 0 Å². The zero-order valence-electron chi connectivity index (χ0n) is 8.29. The molecule has 0 nitrogen and oxygen atoms in total. The number of rotatable bonds is 4. The average molecular weight is 275 g/mol. The van der Waals surface area contributed by atoms with E-state index in [1.165, 1.54) is 3.61 Å². The summed E-state index contributed by atoms with van der Waals surface area (Å²) in [5, 5.41) is 0. The van der Waals surface area contributed by atoms with Crippen LogP contribution in [0.4, 0.5) is 0 Å². The first-order valence-corrected chi connectivity index (χ1v) is 6.55. The van der Waals surface area contributed by atoms with Crippen LogP contribution in [0.25, 0.3) is 0 Å².